The molecule has 0 fully saturated rings. The molecule has 0 amide bonds. The molecule has 0 aliphatic carbocycles. The van der Waals surface area contributed by atoms with Gasteiger partial charge in [-0.3, -0.25) is 0 Å². The molecule has 0 bridgehead atoms. The Balaban J connectivity index is 1.74. The Labute approximate surface area is 159 Å². The normalized spacial score (nSPS) is 11.3. The number of hydrogen-bond donors (Lipinski definition) is 1. The molecule has 0 unspecified atom stereocenters. The molecule has 128 valence electrons. The van der Waals surface area contributed by atoms with E-state index in [1.54, 1.807) is 18.2 Å². The number of fused-ring (bicyclic) bond motifs is 1. The summed E-state index contributed by atoms with van der Waals surface area (Å²) in [7, 11) is 0. The van der Waals surface area contributed by atoms with Gasteiger partial charge in [-0.25, -0.2) is 15.4 Å². The molecular weight excluding hydrogens is 371 g/mol. The first kappa shape index (κ1) is 16.6. The molecular formula is C19H12Cl2N4O. The van der Waals surface area contributed by atoms with E-state index in [2.05, 4.69) is 20.5 Å². The zero-order valence-corrected chi connectivity index (χ0v) is 14.9. The van der Waals surface area contributed by atoms with Gasteiger partial charge in [0.2, 0.25) is 5.95 Å². The lowest BCUT2D eigenvalue weighted by atomic mass is 10.1. The molecule has 0 spiro atoms. The topological polar surface area (TPSA) is 63.3 Å². The average molecular weight is 383 g/mol. The van der Waals surface area contributed by atoms with Crippen LogP contribution >= 0.6 is 23.2 Å². The Morgan fingerprint density at radius 1 is 0.962 bits per heavy atom. The van der Waals surface area contributed by atoms with Crippen molar-refractivity contribution in [3.63, 3.8) is 0 Å². The van der Waals surface area contributed by atoms with Crippen molar-refractivity contribution < 1.29 is 4.42 Å². The Morgan fingerprint density at radius 2 is 1.81 bits per heavy atom. The van der Waals surface area contributed by atoms with E-state index in [9.17, 15) is 0 Å². The number of rotatable bonds is 4. The summed E-state index contributed by atoms with van der Waals surface area (Å²) in [6, 6.07) is 18.7. The number of hydrogen-bond acceptors (Lipinski definition) is 5. The minimum absolute atomic E-state index is 0.302. The summed E-state index contributed by atoms with van der Waals surface area (Å²) < 4.78 is 5.22. The van der Waals surface area contributed by atoms with Crippen molar-refractivity contribution >= 4 is 46.3 Å². The molecule has 2 heterocycles. The molecule has 0 radical (unpaired) electrons. The molecule has 5 nitrogen and oxygen atoms in total. The number of aromatic nitrogens is 2. The van der Waals surface area contributed by atoms with Crippen LogP contribution in [-0.4, -0.2) is 16.2 Å². The van der Waals surface area contributed by atoms with Crippen LogP contribution in [0, 0.1) is 0 Å². The highest BCUT2D eigenvalue weighted by Crippen LogP contribution is 2.29. The maximum Gasteiger partial charge on any atom is 0.244 e. The summed E-state index contributed by atoms with van der Waals surface area (Å²) in [5.74, 6) is 0.894. The maximum atomic E-state index is 6.16. The first-order valence-corrected chi connectivity index (χ1v) is 8.52. The molecule has 2 aromatic heterocycles. The Morgan fingerprint density at radius 3 is 2.58 bits per heavy atom. The lowest BCUT2D eigenvalue weighted by molar-refractivity contribution is 0.562. The monoisotopic (exact) mass is 382 g/mol. The van der Waals surface area contributed by atoms with E-state index >= 15 is 0 Å². The van der Waals surface area contributed by atoms with E-state index in [1.165, 1.54) is 6.21 Å². The van der Waals surface area contributed by atoms with Crippen LogP contribution in [-0.2, 0) is 0 Å². The summed E-state index contributed by atoms with van der Waals surface area (Å²) in [6.45, 7) is 0. The summed E-state index contributed by atoms with van der Waals surface area (Å²) in [4.78, 5) is 9.08. The van der Waals surface area contributed by atoms with Crippen molar-refractivity contribution in [2.45, 2.75) is 0 Å². The molecule has 4 rings (SSSR count). The Hall–Kier alpha value is -2.89. The molecule has 0 saturated heterocycles. The summed E-state index contributed by atoms with van der Waals surface area (Å²) >= 11 is 11.9. The number of anilines is 1. The molecule has 0 aliphatic rings. The van der Waals surface area contributed by atoms with Gasteiger partial charge in [-0.15, -0.1) is 0 Å². The van der Waals surface area contributed by atoms with E-state index in [0.29, 0.717) is 22.0 Å². The molecule has 0 atom stereocenters. The van der Waals surface area contributed by atoms with Crippen molar-refractivity contribution in [2.75, 3.05) is 5.43 Å². The third-order valence-electron chi connectivity index (χ3n) is 3.66. The number of nitrogens with zero attached hydrogens (tertiary/aromatic N) is 3. The number of halogens is 2. The van der Waals surface area contributed by atoms with Gasteiger partial charge < -0.3 is 4.42 Å². The van der Waals surface area contributed by atoms with E-state index < -0.39 is 0 Å². The third kappa shape index (κ3) is 3.54. The molecule has 4 aromatic rings. The van der Waals surface area contributed by atoms with Gasteiger partial charge >= 0.3 is 0 Å². The largest absolute Gasteiger partial charge is 0.444 e. The fraction of sp³-hybridized carbons (Fsp3) is 0. The van der Waals surface area contributed by atoms with Gasteiger partial charge in [-0.2, -0.15) is 5.10 Å². The number of hydrazone groups is 1. The zero-order valence-electron chi connectivity index (χ0n) is 13.4. The van der Waals surface area contributed by atoms with Gasteiger partial charge in [-0.1, -0.05) is 41.9 Å². The van der Waals surface area contributed by atoms with Crippen LogP contribution in [0.5, 0.6) is 0 Å². The van der Waals surface area contributed by atoms with E-state index in [0.717, 1.165) is 22.2 Å². The molecule has 1 N–H and O–H groups in total. The first-order valence-electron chi connectivity index (χ1n) is 7.76. The van der Waals surface area contributed by atoms with Gasteiger partial charge in [0.15, 0.2) is 5.22 Å². The van der Waals surface area contributed by atoms with Gasteiger partial charge in [0, 0.05) is 16.0 Å². The second-order valence-corrected chi connectivity index (χ2v) is 6.24. The summed E-state index contributed by atoms with van der Waals surface area (Å²) in [5.41, 5.74) is 5.34. The minimum Gasteiger partial charge on any atom is -0.444 e. The smallest absolute Gasteiger partial charge is 0.244 e. The maximum absolute atomic E-state index is 6.16. The molecule has 0 aliphatic heterocycles. The van der Waals surface area contributed by atoms with E-state index in [-0.39, 0.29) is 0 Å². The van der Waals surface area contributed by atoms with Crippen molar-refractivity contribution in [3.05, 3.63) is 76.7 Å². The van der Waals surface area contributed by atoms with E-state index in [1.807, 2.05) is 42.5 Å². The van der Waals surface area contributed by atoms with Gasteiger partial charge in [0.05, 0.1) is 17.4 Å². The van der Waals surface area contributed by atoms with Crippen molar-refractivity contribution in [1.82, 2.24) is 9.97 Å². The van der Waals surface area contributed by atoms with Crippen LogP contribution in [0.15, 0.2) is 70.2 Å². The highest BCUT2D eigenvalue weighted by molar-refractivity contribution is 6.31. The van der Waals surface area contributed by atoms with E-state index in [4.69, 9.17) is 27.6 Å². The second-order valence-electron chi connectivity index (χ2n) is 5.44. The van der Waals surface area contributed by atoms with Gasteiger partial charge in [0.25, 0.3) is 0 Å². The fourth-order valence-electron chi connectivity index (χ4n) is 2.52. The van der Waals surface area contributed by atoms with Gasteiger partial charge in [0.1, 0.15) is 5.76 Å². The number of benzene rings is 2. The van der Waals surface area contributed by atoms with Crippen molar-refractivity contribution in [1.29, 1.82) is 0 Å². The standard InChI is InChI=1S/C19H12Cl2N4O/c20-13-6-8-16-15(10-13)18(12-4-2-1-3-5-12)24-19(23-16)25-22-11-14-7-9-17(21)26-14/h1-11H,(H,23,24,25). The van der Waals surface area contributed by atoms with Gasteiger partial charge in [-0.05, 0) is 41.9 Å². The molecule has 26 heavy (non-hydrogen) atoms. The Kier molecular flexibility index (Phi) is 4.56. The highest BCUT2D eigenvalue weighted by atomic mass is 35.5. The fourth-order valence-corrected chi connectivity index (χ4v) is 2.84. The SMILES string of the molecule is Clc1ccc2nc(NN=Cc3ccc(Cl)o3)nc(-c3ccccc3)c2c1. The quantitative estimate of drug-likeness (QED) is 0.366. The zero-order chi connectivity index (χ0) is 17.9. The van der Waals surface area contributed by atoms with Crippen LogP contribution in [0.4, 0.5) is 5.95 Å². The minimum atomic E-state index is 0.302. The molecule has 0 saturated carbocycles. The van der Waals surface area contributed by atoms with Crippen LogP contribution in [0.2, 0.25) is 10.2 Å². The van der Waals surface area contributed by atoms with Crippen molar-refractivity contribution in [2.24, 2.45) is 5.10 Å². The van der Waals surface area contributed by atoms with Crippen molar-refractivity contribution in [3.8, 4) is 11.3 Å². The predicted molar refractivity (Wildman–Crippen MR) is 105 cm³/mol. The first-order chi connectivity index (χ1) is 12.7. The highest BCUT2D eigenvalue weighted by Gasteiger charge is 2.10. The lowest BCUT2D eigenvalue weighted by Gasteiger charge is -2.08. The molecule has 2 aromatic carbocycles. The second kappa shape index (κ2) is 7.15. The Bertz CT molecular complexity index is 1090. The van der Waals surface area contributed by atoms with Crippen LogP contribution in [0.25, 0.3) is 22.2 Å². The lowest BCUT2D eigenvalue weighted by Crippen LogP contribution is -1.99. The van der Waals surface area contributed by atoms with Crippen LogP contribution in [0.1, 0.15) is 5.76 Å². The summed E-state index contributed by atoms with van der Waals surface area (Å²) in [6.07, 6.45) is 1.50. The molecule has 7 heteroatoms. The third-order valence-corrected chi connectivity index (χ3v) is 4.09. The predicted octanol–water partition coefficient (Wildman–Crippen LogP) is 5.64. The number of nitrogens with one attached hydrogen (secondary N) is 1. The van der Waals surface area contributed by atoms with Crippen LogP contribution in [0.3, 0.4) is 0 Å². The average Bonchev–Trinajstić information content (AvgIpc) is 3.07. The summed E-state index contributed by atoms with van der Waals surface area (Å²) in [5, 5.41) is 5.91. The number of furan rings is 1. The van der Waals surface area contributed by atoms with Crippen LogP contribution < -0.4 is 5.43 Å².